The van der Waals surface area contributed by atoms with E-state index < -0.39 is 0 Å². The minimum Gasteiger partial charge on any atom is -0.321 e. The molecule has 0 spiro atoms. The summed E-state index contributed by atoms with van der Waals surface area (Å²) < 4.78 is 0. The molecule has 1 atom stereocenters. The van der Waals surface area contributed by atoms with E-state index in [0.29, 0.717) is 33.7 Å². The normalized spacial score (nSPS) is 30.7. The predicted octanol–water partition coefficient (Wildman–Crippen LogP) is 3.77. The van der Waals surface area contributed by atoms with Crippen LogP contribution < -0.4 is 4.90 Å². The van der Waals surface area contributed by atoms with Crippen molar-refractivity contribution in [3.8, 4) is 0 Å². The molecule has 2 bridgehead atoms. The minimum atomic E-state index is -0.197. The molecule has 5 nitrogen and oxygen atoms in total. The molecule has 0 unspecified atom stereocenters. The SMILES string of the molecule is [C-]#[N+]/N=C1\N(c2ccc(Cl)c(Cl)c2)C(=O)[C@@H]2C3CCC(CC3)N12. The van der Waals surface area contributed by atoms with E-state index in [1.807, 2.05) is 0 Å². The number of anilines is 1. The molecule has 4 fully saturated rings. The Hall–Kier alpha value is -1.77. The van der Waals surface area contributed by atoms with Gasteiger partial charge in [-0.25, -0.2) is 4.90 Å². The van der Waals surface area contributed by atoms with Gasteiger partial charge in [0.1, 0.15) is 11.1 Å². The topological polar surface area (TPSA) is 40.3 Å². The summed E-state index contributed by atoms with van der Waals surface area (Å²) in [4.78, 5) is 19.8. The molecule has 1 aromatic carbocycles. The Kier molecular flexibility index (Phi) is 3.47. The fraction of sp³-hybridized carbons (Fsp3) is 0.438. The van der Waals surface area contributed by atoms with Gasteiger partial charge in [0, 0.05) is 6.04 Å². The molecule has 3 heterocycles. The number of hydrogen-bond donors (Lipinski definition) is 0. The molecular weight excluding hydrogens is 335 g/mol. The van der Waals surface area contributed by atoms with Crippen LogP contribution in [0.1, 0.15) is 25.7 Å². The van der Waals surface area contributed by atoms with E-state index in [-0.39, 0.29) is 11.9 Å². The minimum absolute atomic E-state index is 0.0137. The Morgan fingerprint density at radius 3 is 2.57 bits per heavy atom. The Morgan fingerprint density at radius 1 is 1.17 bits per heavy atom. The zero-order valence-corrected chi connectivity index (χ0v) is 13.8. The first kappa shape index (κ1) is 14.8. The third kappa shape index (κ3) is 2.13. The van der Waals surface area contributed by atoms with Gasteiger partial charge in [0.05, 0.1) is 15.7 Å². The summed E-state index contributed by atoms with van der Waals surface area (Å²) in [6, 6.07) is 5.15. The van der Waals surface area contributed by atoms with Crippen LogP contribution >= 0.6 is 23.2 Å². The van der Waals surface area contributed by atoms with Gasteiger partial charge in [0.25, 0.3) is 11.9 Å². The first-order valence-corrected chi connectivity index (χ1v) is 8.39. The second-order valence-electron chi connectivity index (χ2n) is 6.19. The molecule has 3 aliphatic heterocycles. The highest BCUT2D eigenvalue weighted by atomic mass is 35.5. The number of piperidine rings is 2. The van der Waals surface area contributed by atoms with Crippen LogP contribution in [0, 0.1) is 12.5 Å². The lowest BCUT2D eigenvalue weighted by atomic mass is 9.75. The molecule has 5 rings (SSSR count). The van der Waals surface area contributed by atoms with Crippen molar-refractivity contribution in [3.05, 3.63) is 39.8 Å². The van der Waals surface area contributed by atoms with Gasteiger partial charge in [-0.3, -0.25) is 4.79 Å². The summed E-state index contributed by atoms with van der Waals surface area (Å²) in [6.07, 6.45) is 4.25. The molecule has 1 amide bonds. The van der Waals surface area contributed by atoms with E-state index in [1.165, 1.54) is 4.90 Å². The van der Waals surface area contributed by atoms with E-state index in [0.717, 1.165) is 25.7 Å². The molecule has 4 aliphatic rings. The van der Waals surface area contributed by atoms with Gasteiger partial charge in [-0.05, 0) is 49.8 Å². The first-order valence-electron chi connectivity index (χ1n) is 7.63. The lowest BCUT2D eigenvalue weighted by Crippen LogP contribution is -2.55. The van der Waals surface area contributed by atoms with Crippen LogP contribution in [0.5, 0.6) is 0 Å². The highest BCUT2D eigenvalue weighted by Crippen LogP contribution is 2.45. The second-order valence-corrected chi connectivity index (χ2v) is 7.01. The molecular formula is C16H14Cl2N4O. The molecule has 23 heavy (non-hydrogen) atoms. The third-order valence-electron chi connectivity index (χ3n) is 5.09. The van der Waals surface area contributed by atoms with Gasteiger partial charge in [0.15, 0.2) is 0 Å². The number of halogens is 2. The zero-order chi connectivity index (χ0) is 16.1. The van der Waals surface area contributed by atoms with Gasteiger partial charge in [-0.1, -0.05) is 23.2 Å². The van der Waals surface area contributed by atoms with Crippen LogP contribution in [0.4, 0.5) is 5.69 Å². The maximum atomic E-state index is 13.0. The standard InChI is InChI=1S/C16H14Cl2N4O/c1-19-20-16-21-10-4-2-9(3-5-10)14(21)15(23)22(16)11-6-7-12(17)13(18)8-11/h6-10,14H,2-5H2/b20-16-/t9?,10?,14-/m0/s1. The molecule has 0 radical (unpaired) electrons. The van der Waals surface area contributed by atoms with Crippen LogP contribution in [-0.4, -0.2) is 28.9 Å². The van der Waals surface area contributed by atoms with E-state index >= 15 is 0 Å². The average molecular weight is 349 g/mol. The molecule has 118 valence electrons. The van der Waals surface area contributed by atoms with Crippen molar-refractivity contribution in [1.29, 1.82) is 0 Å². The number of nitrogens with zero attached hydrogens (tertiary/aromatic N) is 4. The largest absolute Gasteiger partial charge is 0.321 e. The van der Waals surface area contributed by atoms with E-state index in [9.17, 15) is 4.79 Å². The van der Waals surface area contributed by atoms with Gasteiger partial charge in [0.2, 0.25) is 0 Å². The van der Waals surface area contributed by atoms with E-state index in [2.05, 4.69) is 15.0 Å². The van der Waals surface area contributed by atoms with Gasteiger partial charge >= 0.3 is 0 Å². The van der Waals surface area contributed by atoms with Gasteiger partial charge in [-0.2, -0.15) is 6.57 Å². The number of fused-ring (bicyclic) bond motifs is 2. The maximum absolute atomic E-state index is 13.0. The molecule has 1 aliphatic carbocycles. The fourth-order valence-corrected chi connectivity index (χ4v) is 4.40. The van der Waals surface area contributed by atoms with Crippen molar-refractivity contribution in [3.63, 3.8) is 0 Å². The molecule has 1 aromatic rings. The van der Waals surface area contributed by atoms with Crippen LogP contribution in [-0.2, 0) is 4.79 Å². The Balaban J connectivity index is 1.82. The van der Waals surface area contributed by atoms with Crippen molar-refractivity contribution in [2.75, 3.05) is 4.90 Å². The molecule has 3 saturated heterocycles. The van der Waals surface area contributed by atoms with Crippen molar-refractivity contribution in [1.82, 2.24) is 4.90 Å². The fourth-order valence-electron chi connectivity index (χ4n) is 4.11. The van der Waals surface area contributed by atoms with Crippen molar-refractivity contribution in [2.24, 2.45) is 11.0 Å². The molecule has 7 heteroatoms. The van der Waals surface area contributed by atoms with Crippen LogP contribution in [0.2, 0.25) is 10.0 Å². The molecule has 1 saturated carbocycles. The quantitative estimate of drug-likeness (QED) is 0.572. The second kappa shape index (κ2) is 5.40. The highest BCUT2D eigenvalue weighted by molar-refractivity contribution is 6.42. The Bertz CT molecular complexity index is 749. The highest BCUT2D eigenvalue weighted by Gasteiger charge is 2.56. The number of carbonyl (C=O) groups is 1. The zero-order valence-electron chi connectivity index (χ0n) is 12.2. The summed E-state index contributed by atoms with van der Waals surface area (Å²) in [5.74, 6) is 0.763. The number of rotatable bonds is 1. The summed E-state index contributed by atoms with van der Waals surface area (Å²) >= 11 is 12.1. The number of carbonyl (C=O) groups excluding carboxylic acids is 1. The number of benzene rings is 1. The lowest BCUT2D eigenvalue weighted by molar-refractivity contribution is -0.124. The smallest absolute Gasteiger partial charge is 0.295 e. The predicted molar refractivity (Wildman–Crippen MR) is 89.4 cm³/mol. The van der Waals surface area contributed by atoms with Gasteiger partial charge < -0.3 is 4.90 Å². The Labute approximate surface area is 144 Å². The van der Waals surface area contributed by atoms with Crippen molar-refractivity contribution < 1.29 is 4.79 Å². The average Bonchev–Trinajstić information content (AvgIpc) is 2.87. The lowest BCUT2D eigenvalue weighted by Gasteiger charge is -2.46. The summed E-state index contributed by atoms with van der Waals surface area (Å²) in [7, 11) is 0. The summed E-state index contributed by atoms with van der Waals surface area (Å²) in [5, 5.41) is 4.77. The number of guanidine groups is 1. The third-order valence-corrected chi connectivity index (χ3v) is 5.83. The van der Waals surface area contributed by atoms with Crippen molar-refractivity contribution >= 4 is 40.8 Å². The summed E-state index contributed by atoms with van der Waals surface area (Å²) in [5.41, 5.74) is 0.612. The van der Waals surface area contributed by atoms with Crippen molar-refractivity contribution in [2.45, 2.75) is 37.8 Å². The number of amides is 1. The summed E-state index contributed by atoms with van der Waals surface area (Å²) in [6.45, 7) is 7.13. The van der Waals surface area contributed by atoms with E-state index in [1.54, 1.807) is 18.2 Å². The molecule has 0 N–H and O–H groups in total. The van der Waals surface area contributed by atoms with Crippen LogP contribution in [0.25, 0.3) is 4.95 Å². The Morgan fingerprint density at radius 2 is 1.91 bits per heavy atom. The van der Waals surface area contributed by atoms with Gasteiger partial charge in [-0.15, -0.1) is 4.95 Å². The molecule has 0 aromatic heterocycles. The van der Waals surface area contributed by atoms with E-state index in [4.69, 9.17) is 29.8 Å². The van der Waals surface area contributed by atoms with Crippen LogP contribution in [0.3, 0.4) is 0 Å². The number of hydrogen-bond acceptors (Lipinski definition) is 2. The monoisotopic (exact) mass is 348 g/mol. The van der Waals surface area contributed by atoms with Crippen LogP contribution in [0.15, 0.2) is 23.3 Å². The first-order chi connectivity index (χ1) is 11.1. The maximum Gasteiger partial charge on any atom is 0.295 e.